The Morgan fingerprint density at radius 2 is 1.86 bits per heavy atom. The van der Waals surface area contributed by atoms with Gasteiger partial charge in [0.2, 0.25) is 20.0 Å². The standard InChI is InChI=1S/C12H19ClN2O4S2/c1-10(2)15(20(3,16)17)8-7-14-21(18,19)12-6-4-5-11(13)9-12/h4-6,9-10,14H,7-8H2,1-3H3. The molecule has 1 aromatic carbocycles. The predicted molar refractivity (Wildman–Crippen MR) is 83.3 cm³/mol. The van der Waals surface area contributed by atoms with Crippen LogP contribution >= 0.6 is 11.6 Å². The highest BCUT2D eigenvalue weighted by Gasteiger charge is 2.21. The zero-order valence-corrected chi connectivity index (χ0v) is 14.5. The zero-order chi connectivity index (χ0) is 16.3. The van der Waals surface area contributed by atoms with Crippen LogP contribution in [0.4, 0.5) is 0 Å². The van der Waals surface area contributed by atoms with Crippen LogP contribution < -0.4 is 4.72 Å². The maximum absolute atomic E-state index is 12.0. The van der Waals surface area contributed by atoms with Crippen molar-refractivity contribution in [2.24, 2.45) is 0 Å². The molecule has 0 unspecified atom stereocenters. The van der Waals surface area contributed by atoms with Gasteiger partial charge in [-0.3, -0.25) is 0 Å². The summed E-state index contributed by atoms with van der Waals surface area (Å²) in [6.45, 7) is 3.51. The largest absolute Gasteiger partial charge is 0.240 e. The van der Waals surface area contributed by atoms with Gasteiger partial charge in [-0.1, -0.05) is 17.7 Å². The van der Waals surface area contributed by atoms with Crippen molar-refractivity contribution in [3.8, 4) is 0 Å². The topological polar surface area (TPSA) is 83.6 Å². The van der Waals surface area contributed by atoms with E-state index in [4.69, 9.17) is 11.6 Å². The molecule has 9 heteroatoms. The number of nitrogens with one attached hydrogen (secondary N) is 1. The van der Waals surface area contributed by atoms with Crippen molar-refractivity contribution in [2.45, 2.75) is 24.8 Å². The van der Waals surface area contributed by atoms with Crippen molar-refractivity contribution in [3.63, 3.8) is 0 Å². The number of rotatable bonds is 7. The molecule has 0 aliphatic rings. The minimum absolute atomic E-state index is 0.0138. The van der Waals surface area contributed by atoms with Gasteiger partial charge in [-0.05, 0) is 32.0 Å². The Labute approximate surface area is 131 Å². The summed E-state index contributed by atoms with van der Waals surface area (Å²) in [5, 5.41) is 0.317. The van der Waals surface area contributed by atoms with Crippen molar-refractivity contribution >= 4 is 31.6 Å². The molecule has 1 aromatic rings. The van der Waals surface area contributed by atoms with E-state index < -0.39 is 20.0 Å². The highest BCUT2D eigenvalue weighted by molar-refractivity contribution is 7.89. The maximum Gasteiger partial charge on any atom is 0.240 e. The van der Waals surface area contributed by atoms with E-state index in [-0.39, 0.29) is 24.0 Å². The van der Waals surface area contributed by atoms with Crippen molar-refractivity contribution in [1.29, 1.82) is 0 Å². The number of hydrogen-bond acceptors (Lipinski definition) is 4. The highest BCUT2D eigenvalue weighted by Crippen LogP contribution is 2.15. The number of halogens is 1. The lowest BCUT2D eigenvalue weighted by Gasteiger charge is -2.23. The Morgan fingerprint density at radius 3 is 2.33 bits per heavy atom. The lowest BCUT2D eigenvalue weighted by molar-refractivity contribution is 0.360. The van der Waals surface area contributed by atoms with Gasteiger partial charge in [-0.2, -0.15) is 4.31 Å². The summed E-state index contributed by atoms with van der Waals surface area (Å²) < 4.78 is 50.8. The molecule has 6 nitrogen and oxygen atoms in total. The molecule has 0 heterocycles. The quantitative estimate of drug-likeness (QED) is 0.799. The van der Waals surface area contributed by atoms with Gasteiger partial charge in [-0.15, -0.1) is 0 Å². The third-order valence-electron chi connectivity index (χ3n) is 2.73. The van der Waals surface area contributed by atoms with Crippen LogP contribution in [0.25, 0.3) is 0 Å². The van der Waals surface area contributed by atoms with Crippen molar-refractivity contribution in [2.75, 3.05) is 19.3 Å². The van der Waals surface area contributed by atoms with Crippen LogP contribution in [0.3, 0.4) is 0 Å². The molecular weight excluding hydrogens is 336 g/mol. The van der Waals surface area contributed by atoms with Crippen LogP contribution in [0.15, 0.2) is 29.2 Å². The Hall–Kier alpha value is -0.670. The number of benzene rings is 1. The number of hydrogen-bond donors (Lipinski definition) is 1. The van der Waals surface area contributed by atoms with E-state index in [0.29, 0.717) is 5.02 Å². The molecule has 0 aromatic heterocycles. The summed E-state index contributed by atoms with van der Waals surface area (Å²) in [5.41, 5.74) is 0. The molecule has 0 atom stereocenters. The second-order valence-corrected chi connectivity index (χ2v) is 8.96. The molecule has 0 radical (unpaired) electrons. The van der Waals surface area contributed by atoms with E-state index in [0.717, 1.165) is 6.26 Å². The molecule has 0 bridgehead atoms. The van der Waals surface area contributed by atoms with Gasteiger partial charge in [0.25, 0.3) is 0 Å². The van der Waals surface area contributed by atoms with E-state index in [1.165, 1.54) is 22.5 Å². The molecule has 1 rings (SSSR count). The van der Waals surface area contributed by atoms with E-state index in [9.17, 15) is 16.8 Å². The molecule has 0 saturated carbocycles. The fourth-order valence-corrected chi connectivity index (χ4v) is 4.32. The average Bonchev–Trinajstić information content (AvgIpc) is 2.32. The summed E-state index contributed by atoms with van der Waals surface area (Å²) in [5.74, 6) is 0. The highest BCUT2D eigenvalue weighted by atomic mass is 35.5. The van der Waals surface area contributed by atoms with Crippen molar-refractivity contribution < 1.29 is 16.8 Å². The average molecular weight is 355 g/mol. The lowest BCUT2D eigenvalue weighted by Crippen LogP contribution is -2.41. The first-order valence-corrected chi connectivity index (χ1v) is 9.97. The zero-order valence-electron chi connectivity index (χ0n) is 12.1. The fourth-order valence-electron chi connectivity index (χ4n) is 1.81. The first kappa shape index (κ1) is 18.4. The Bertz CT molecular complexity index is 687. The first-order chi connectivity index (χ1) is 9.54. The summed E-state index contributed by atoms with van der Waals surface area (Å²) in [6, 6.07) is 5.63. The minimum atomic E-state index is -3.71. The fraction of sp³-hybridized carbons (Fsp3) is 0.500. The molecule has 0 aliphatic heterocycles. The van der Waals surface area contributed by atoms with E-state index in [2.05, 4.69) is 4.72 Å². The Balaban J connectivity index is 2.75. The normalized spacial score (nSPS) is 13.0. The molecular formula is C12H19ClN2O4S2. The molecule has 0 fully saturated rings. The van der Waals surface area contributed by atoms with Crippen LogP contribution in [0.2, 0.25) is 5.02 Å². The molecule has 21 heavy (non-hydrogen) atoms. The molecule has 0 amide bonds. The van der Waals surface area contributed by atoms with Gasteiger partial charge in [0, 0.05) is 24.2 Å². The van der Waals surface area contributed by atoms with Gasteiger partial charge < -0.3 is 0 Å². The maximum atomic E-state index is 12.0. The van der Waals surface area contributed by atoms with Crippen LogP contribution in [0.5, 0.6) is 0 Å². The lowest BCUT2D eigenvalue weighted by atomic mass is 10.4. The molecule has 120 valence electrons. The van der Waals surface area contributed by atoms with E-state index >= 15 is 0 Å². The minimum Gasteiger partial charge on any atom is -0.212 e. The number of nitrogens with zero attached hydrogens (tertiary/aromatic N) is 1. The monoisotopic (exact) mass is 354 g/mol. The van der Waals surface area contributed by atoms with E-state index in [1.807, 2.05) is 0 Å². The molecule has 0 saturated heterocycles. The molecule has 0 spiro atoms. The van der Waals surface area contributed by atoms with Gasteiger partial charge in [0.15, 0.2) is 0 Å². The van der Waals surface area contributed by atoms with Crippen molar-refractivity contribution in [3.05, 3.63) is 29.3 Å². The third kappa shape index (κ3) is 5.55. The second-order valence-electron chi connectivity index (χ2n) is 4.82. The van der Waals surface area contributed by atoms with E-state index in [1.54, 1.807) is 19.9 Å². The second kappa shape index (κ2) is 7.06. The van der Waals surface area contributed by atoms with Crippen molar-refractivity contribution in [1.82, 2.24) is 9.03 Å². The summed E-state index contributed by atoms with van der Waals surface area (Å²) in [6.07, 6.45) is 1.10. The Morgan fingerprint density at radius 1 is 1.24 bits per heavy atom. The predicted octanol–water partition coefficient (Wildman–Crippen LogP) is 1.29. The first-order valence-electron chi connectivity index (χ1n) is 6.26. The van der Waals surface area contributed by atoms with Gasteiger partial charge in [0.1, 0.15) is 0 Å². The molecule has 0 aliphatic carbocycles. The third-order valence-corrected chi connectivity index (χ3v) is 5.88. The summed E-state index contributed by atoms with van der Waals surface area (Å²) >= 11 is 5.76. The van der Waals surface area contributed by atoms with Crippen LogP contribution in [-0.2, 0) is 20.0 Å². The van der Waals surface area contributed by atoms with Crippen LogP contribution in [-0.4, -0.2) is 46.5 Å². The van der Waals surface area contributed by atoms with Gasteiger partial charge in [0.05, 0.1) is 11.2 Å². The van der Waals surface area contributed by atoms with Crippen LogP contribution in [0, 0.1) is 0 Å². The summed E-state index contributed by atoms with van der Waals surface area (Å²) in [4.78, 5) is 0.0467. The van der Waals surface area contributed by atoms with Gasteiger partial charge >= 0.3 is 0 Å². The molecule has 1 N–H and O–H groups in total. The smallest absolute Gasteiger partial charge is 0.212 e. The summed E-state index contributed by atoms with van der Waals surface area (Å²) in [7, 11) is -7.08. The number of sulfonamides is 2. The Kier molecular flexibility index (Phi) is 6.18. The SMILES string of the molecule is CC(C)N(CCNS(=O)(=O)c1cccc(Cl)c1)S(C)(=O)=O. The van der Waals surface area contributed by atoms with Gasteiger partial charge in [-0.25, -0.2) is 21.6 Å². The van der Waals surface area contributed by atoms with Crippen LogP contribution in [0.1, 0.15) is 13.8 Å².